The molecule has 0 heterocycles. The zero-order valence-corrected chi connectivity index (χ0v) is 17.1. The van der Waals surface area contributed by atoms with Crippen LogP contribution in [0.2, 0.25) is 0 Å². The smallest absolute Gasteiger partial charge is 0.742 e. The van der Waals surface area contributed by atoms with E-state index in [1.165, 1.54) is 0 Å². The van der Waals surface area contributed by atoms with E-state index in [0.717, 1.165) is 0 Å². The molecule has 0 aromatic carbocycles. The molecule has 0 aliphatic carbocycles. The largest absolute Gasteiger partial charge is 2.00 e. The van der Waals surface area contributed by atoms with E-state index in [0.29, 0.717) is 0 Å². The molecule has 0 atom stereocenters. The third-order valence-electron chi connectivity index (χ3n) is 0.471. The van der Waals surface area contributed by atoms with Crippen LogP contribution in [-0.2, 0) is 76.7 Å². The fourth-order valence-corrected chi connectivity index (χ4v) is 0. The van der Waals surface area contributed by atoms with Crippen LogP contribution in [-0.4, -0.2) is 97.4 Å². The van der Waals surface area contributed by atoms with Gasteiger partial charge in [-0.25, -0.2) is 33.7 Å². The summed E-state index contributed by atoms with van der Waals surface area (Å²) in [6, 6.07) is 0. The van der Waals surface area contributed by atoms with Crippen LogP contribution in [0.3, 0.4) is 0 Å². The van der Waals surface area contributed by atoms with Crippen molar-refractivity contribution in [3.05, 3.63) is 0 Å². The fraction of sp³-hybridized carbons (Fsp3) is 0. The first-order chi connectivity index (χ1) is 10.2. The van der Waals surface area contributed by atoms with Crippen molar-refractivity contribution in [3.8, 4) is 0 Å². The summed E-state index contributed by atoms with van der Waals surface area (Å²) >= 11 is 0. The van der Waals surface area contributed by atoms with Gasteiger partial charge in [-0.05, 0) is 0 Å². The van der Waals surface area contributed by atoms with Crippen LogP contribution in [0.1, 0.15) is 0 Å². The Hall–Kier alpha value is -0.394. The van der Waals surface area contributed by atoms with Gasteiger partial charge in [0.05, 0.1) is 0 Å². The summed E-state index contributed by atoms with van der Waals surface area (Å²) in [5.74, 6) is 0. The molecule has 0 amide bonds. The molecular weight excluding hydrogens is 520 g/mol. The van der Waals surface area contributed by atoms with E-state index in [2.05, 4.69) is 0 Å². The number of rotatable bonds is 4. The standard InChI is InChI=1S/4CH2O4S.Cu.Mg/c4*2-1-6(3,4)5;;/h4*1H,(H,3,4,5);;/q;;;;2*+2/p-4. The van der Waals surface area contributed by atoms with Crippen LogP contribution >= 0.6 is 0 Å². The van der Waals surface area contributed by atoms with Crippen molar-refractivity contribution >= 4 is 86.0 Å². The molecule has 0 spiro atoms. The molecular formula is C4H4CuMgO16S4. The third-order valence-corrected chi connectivity index (χ3v) is 1.41. The number of hydrogen-bond donors (Lipinski definition) is 0. The molecule has 0 bridgehead atoms. The second-order valence-corrected chi connectivity index (χ2v) is 7.07. The molecule has 0 saturated heterocycles. The molecule has 0 N–H and O–H groups in total. The summed E-state index contributed by atoms with van der Waals surface area (Å²) in [7, 11) is -18.4. The summed E-state index contributed by atoms with van der Waals surface area (Å²) < 4.78 is 109. The average molecular weight is 524 g/mol. The molecule has 26 heavy (non-hydrogen) atoms. The Labute approximate surface area is 173 Å². The van der Waals surface area contributed by atoms with Gasteiger partial charge in [0.1, 0.15) is 0 Å². The van der Waals surface area contributed by atoms with Gasteiger partial charge >= 0.3 is 40.1 Å². The first kappa shape index (κ1) is 40.3. The Morgan fingerprint density at radius 1 is 0.423 bits per heavy atom. The van der Waals surface area contributed by atoms with Gasteiger partial charge in [-0.2, -0.15) is 0 Å². The quantitative estimate of drug-likeness (QED) is 0.188. The van der Waals surface area contributed by atoms with Crippen LogP contribution in [0.5, 0.6) is 0 Å². The van der Waals surface area contributed by atoms with E-state index in [4.69, 9.17) is 71.1 Å². The summed E-state index contributed by atoms with van der Waals surface area (Å²) in [5.41, 5.74) is -2.58. The number of carbonyl (C=O) groups excluding carboxylic acids is 4. The molecule has 0 aromatic heterocycles. The van der Waals surface area contributed by atoms with Crippen molar-refractivity contribution in [1.82, 2.24) is 0 Å². The summed E-state index contributed by atoms with van der Waals surface area (Å²) in [6.07, 6.45) is 0. The Bertz CT molecular complexity index is 628. The van der Waals surface area contributed by atoms with Gasteiger partial charge < -0.3 is 18.2 Å². The maximum Gasteiger partial charge on any atom is 2.00 e. The predicted octanol–water partition coefficient (Wildman–Crippen LogP) is -5.50. The van der Waals surface area contributed by atoms with Crippen LogP contribution in [0, 0.1) is 0 Å². The normalized spacial score (nSPS) is 10.0. The monoisotopic (exact) mass is 523 g/mol. The van der Waals surface area contributed by atoms with Gasteiger partial charge in [0.25, 0.3) is 0 Å². The van der Waals surface area contributed by atoms with E-state index >= 15 is 0 Å². The molecule has 22 heteroatoms. The van der Waals surface area contributed by atoms with Crippen LogP contribution in [0.4, 0.5) is 0 Å². The Balaban J connectivity index is -0.0000000500. The van der Waals surface area contributed by atoms with E-state index < -0.39 is 62.9 Å². The zero-order valence-electron chi connectivity index (χ0n) is 11.5. The molecule has 16 nitrogen and oxygen atoms in total. The number of carbonyl (C=O) groups is 4. The van der Waals surface area contributed by atoms with Crippen LogP contribution < -0.4 is 0 Å². The minimum Gasteiger partial charge on any atom is -0.742 e. The van der Waals surface area contributed by atoms with Crippen LogP contribution in [0.15, 0.2) is 0 Å². The van der Waals surface area contributed by atoms with Gasteiger partial charge in [0, 0.05) is 0 Å². The van der Waals surface area contributed by atoms with Crippen molar-refractivity contribution in [3.63, 3.8) is 0 Å². The second kappa shape index (κ2) is 18.0. The van der Waals surface area contributed by atoms with Crippen molar-refractivity contribution in [2.45, 2.75) is 0 Å². The Morgan fingerprint density at radius 2 is 0.462 bits per heavy atom. The Morgan fingerprint density at radius 3 is 0.462 bits per heavy atom. The van der Waals surface area contributed by atoms with Crippen molar-refractivity contribution in [2.24, 2.45) is 0 Å². The molecule has 1 radical (unpaired) electrons. The van der Waals surface area contributed by atoms with E-state index in [-0.39, 0.29) is 40.1 Å². The Kier molecular flexibility index (Phi) is 27.9. The van der Waals surface area contributed by atoms with Gasteiger partial charge in [-0.1, -0.05) is 0 Å². The number of hydrogen-bond acceptors (Lipinski definition) is 16. The molecule has 0 aliphatic heterocycles. The molecule has 0 fully saturated rings. The summed E-state index contributed by atoms with van der Waals surface area (Å²) in [5, 5.41) is 0. The third kappa shape index (κ3) is 89.6. The fourth-order valence-electron chi connectivity index (χ4n) is 0. The molecule has 0 aliphatic rings. The van der Waals surface area contributed by atoms with E-state index in [9.17, 15) is 0 Å². The topological polar surface area (TPSA) is 297 Å². The van der Waals surface area contributed by atoms with Gasteiger partial charge in [-0.3, -0.25) is 19.2 Å². The molecule has 0 aromatic rings. The minimum absolute atomic E-state index is 0. The molecule has 0 unspecified atom stereocenters. The van der Waals surface area contributed by atoms with E-state index in [1.807, 2.05) is 0 Å². The van der Waals surface area contributed by atoms with Crippen molar-refractivity contribution in [2.75, 3.05) is 0 Å². The van der Waals surface area contributed by atoms with Gasteiger partial charge in [-0.15, -0.1) is 0 Å². The molecule has 0 rings (SSSR count). The summed E-state index contributed by atoms with van der Waals surface area (Å²) in [6.45, 7) is 0. The average Bonchev–Trinajstić information content (AvgIpc) is 2.37. The maximum absolute atomic E-state index is 9.08. The first-order valence-corrected chi connectivity index (χ1v) is 9.77. The van der Waals surface area contributed by atoms with E-state index in [1.54, 1.807) is 0 Å². The first-order valence-electron chi connectivity index (χ1n) is 3.89. The SMILES string of the molecule is O=CS(=O)(=O)[O-].O=CS(=O)(=O)[O-].O=CS(=O)(=O)[O-].O=CS(=O)(=O)[O-].[Cu+2].[Mg+2]. The molecule has 0 saturated carbocycles. The van der Waals surface area contributed by atoms with Crippen LogP contribution in [0.25, 0.3) is 0 Å². The zero-order chi connectivity index (χ0) is 20.8. The van der Waals surface area contributed by atoms with Crippen molar-refractivity contribution in [1.29, 1.82) is 0 Å². The maximum atomic E-state index is 9.08. The van der Waals surface area contributed by atoms with Crippen molar-refractivity contribution < 1.29 is 88.1 Å². The summed E-state index contributed by atoms with van der Waals surface area (Å²) in [4.78, 5) is 35.7. The predicted molar refractivity (Wildman–Crippen MR) is 71.5 cm³/mol. The molecule has 153 valence electrons. The van der Waals surface area contributed by atoms with Gasteiger partial charge in [0.15, 0.2) is 40.5 Å². The second-order valence-electron chi connectivity index (χ2n) is 2.36. The minimum atomic E-state index is -4.59. The van der Waals surface area contributed by atoms with Gasteiger partial charge in [0.2, 0.25) is 22.5 Å².